The molecule has 2 fully saturated rings. The summed E-state index contributed by atoms with van der Waals surface area (Å²) in [6.45, 7) is 5.82. The molecular formula is C29H31N5O4S2. The predicted octanol–water partition coefficient (Wildman–Crippen LogP) is 4.26. The van der Waals surface area contributed by atoms with Gasteiger partial charge >= 0.3 is 0 Å². The van der Waals surface area contributed by atoms with E-state index in [0.29, 0.717) is 72.2 Å². The molecule has 208 valence electrons. The highest BCUT2D eigenvalue weighted by atomic mass is 32.2. The molecule has 1 aromatic heterocycles. The normalized spacial score (nSPS) is 20.3. The summed E-state index contributed by atoms with van der Waals surface area (Å²) >= 11 is 1.35. The number of aromatic nitrogens is 2. The number of amidine groups is 1. The number of hydrogen-bond donors (Lipinski definition) is 0. The third kappa shape index (κ3) is 5.51. The van der Waals surface area contributed by atoms with Crippen molar-refractivity contribution in [2.24, 2.45) is 10.9 Å². The van der Waals surface area contributed by atoms with Crippen molar-refractivity contribution in [3.05, 3.63) is 71.3 Å². The van der Waals surface area contributed by atoms with Gasteiger partial charge in [-0.1, -0.05) is 37.3 Å². The lowest BCUT2D eigenvalue weighted by Crippen LogP contribution is -2.38. The first kappa shape index (κ1) is 26.9. The molecule has 0 N–H and O–H groups in total. The molecule has 0 atom stereocenters. The molecule has 0 unspecified atom stereocenters. The van der Waals surface area contributed by atoms with Crippen molar-refractivity contribution in [2.45, 2.75) is 24.7 Å². The van der Waals surface area contributed by atoms with Crippen LogP contribution in [0.15, 0.2) is 75.6 Å². The molecule has 3 aromatic rings. The molecule has 0 radical (unpaired) electrons. The van der Waals surface area contributed by atoms with Crippen LogP contribution < -0.4 is 0 Å². The van der Waals surface area contributed by atoms with E-state index in [0.717, 1.165) is 18.5 Å². The zero-order chi connectivity index (χ0) is 27.7. The molecule has 9 nitrogen and oxygen atoms in total. The van der Waals surface area contributed by atoms with Crippen molar-refractivity contribution in [3.8, 4) is 16.9 Å². The Morgan fingerprint density at radius 2 is 1.75 bits per heavy atom. The summed E-state index contributed by atoms with van der Waals surface area (Å²) in [4.78, 5) is 20.0. The average Bonchev–Trinajstić information content (AvgIpc) is 3.58. The van der Waals surface area contributed by atoms with E-state index in [4.69, 9.17) is 9.84 Å². The van der Waals surface area contributed by atoms with Gasteiger partial charge in [0.05, 0.1) is 28.7 Å². The minimum Gasteiger partial charge on any atom is -0.378 e. The van der Waals surface area contributed by atoms with E-state index in [1.54, 1.807) is 33.3 Å². The maximum absolute atomic E-state index is 13.5. The Morgan fingerprint density at radius 1 is 1.00 bits per heavy atom. The van der Waals surface area contributed by atoms with Gasteiger partial charge in [-0.2, -0.15) is 14.4 Å². The van der Waals surface area contributed by atoms with Crippen LogP contribution in [-0.2, 0) is 19.6 Å². The maximum atomic E-state index is 13.5. The van der Waals surface area contributed by atoms with Crippen molar-refractivity contribution in [1.29, 1.82) is 0 Å². The van der Waals surface area contributed by atoms with Gasteiger partial charge < -0.3 is 9.64 Å². The number of morpholine rings is 1. The first-order chi connectivity index (χ1) is 19.4. The molecule has 1 amide bonds. The third-order valence-corrected chi connectivity index (χ3v) is 10.4. The number of para-hydroxylation sites is 1. The molecule has 0 bridgehead atoms. The Bertz CT molecular complexity index is 1570. The van der Waals surface area contributed by atoms with E-state index >= 15 is 0 Å². The molecule has 0 saturated carbocycles. The van der Waals surface area contributed by atoms with Crippen LogP contribution in [0.25, 0.3) is 23.0 Å². The molecular weight excluding hydrogens is 546 g/mol. The number of carbonyl (C=O) groups is 1. The van der Waals surface area contributed by atoms with Crippen LogP contribution in [0.3, 0.4) is 0 Å². The second kappa shape index (κ2) is 11.3. The van der Waals surface area contributed by atoms with E-state index in [1.165, 1.54) is 11.8 Å². The van der Waals surface area contributed by atoms with Crippen LogP contribution in [0.5, 0.6) is 0 Å². The highest BCUT2D eigenvalue weighted by molar-refractivity contribution is 8.18. The topological polar surface area (TPSA) is 97.1 Å². The highest BCUT2D eigenvalue weighted by Crippen LogP contribution is 2.34. The molecule has 11 heteroatoms. The van der Waals surface area contributed by atoms with Gasteiger partial charge in [0.1, 0.15) is 5.69 Å². The van der Waals surface area contributed by atoms with E-state index < -0.39 is 10.0 Å². The molecule has 0 spiro atoms. The first-order valence-electron chi connectivity index (χ1n) is 13.5. The fraction of sp³-hybridized carbons (Fsp3) is 0.345. The molecule has 3 aliphatic rings. The van der Waals surface area contributed by atoms with Crippen molar-refractivity contribution >= 4 is 38.9 Å². The fourth-order valence-corrected chi connectivity index (χ4v) is 7.51. The maximum Gasteiger partial charge on any atom is 0.286 e. The van der Waals surface area contributed by atoms with Crippen molar-refractivity contribution < 1.29 is 17.9 Å². The zero-order valence-corrected chi connectivity index (χ0v) is 23.9. The number of amides is 1. The lowest BCUT2D eigenvalue weighted by Gasteiger charge is -2.29. The van der Waals surface area contributed by atoms with E-state index in [2.05, 4.69) is 16.8 Å². The SMILES string of the molecule is CC1CCN(S(=O)(=O)c2cccc(-c3nn(-c4ccccc4)cc3C=C3SC(N4CCOCC4)=NC3=O)c2)CC1. The molecule has 6 rings (SSSR count). The average molecular weight is 578 g/mol. The number of aliphatic imine (C=N–C) groups is 1. The lowest BCUT2D eigenvalue weighted by molar-refractivity contribution is -0.113. The zero-order valence-electron chi connectivity index (χ0n) is 22.3. The predicted molar refractivity (Wildman–Crippen MR) is 157 cm³/mol. The number of rotatable bonds is 5. The summed E-state index contributed by atoms with van der Waals surface area (Å²) in [5, 5.41) is 5.53. The van der Waals surface area contributed by atoms with Crippen LogP contribution in [-0.4, -0.2) is 77.9 Å². The van der Waals surface area contributed by atoms with Gasteiger partial charge in [-0.05, 0) is 60.9 Å². The molecule has 4 heterocycles. The van der Waals surface area contributed by atoms with Crippen LogP contribution in [0.2, 0.25) is 0 Å². The first-order valence-corrected chi connectivity index (χ1v) is 15.7. The van der Waals surface area contributed by atoms with E-state index in [9.17, 15) is 13.2 Å². The number of sulfonamides is 1. The summed E-state index contributed by atoms with van der Waals surface area (Å²) in [5.74, 6) is 0.236. The minimum absolute atomic E-state index is 0.247. The second-order valence-corrected chi connectivity index (χ2v) is 13.2. The van der Waals surface area contributed by atoms with Gasteiger partial charge in [0.15, 0.2) is 5.17 Å². The number of nitrogens with zero attached hydrogens (tertiary/aromatic N) is 5. The minimum atomic E-state index is -3.63. The Labute approximate surface area is 238 Å². The third-order valence-electron chi connectivity index (χ3n) is 7.43. The fourth-order valence-electron chi connectivity index (χ4n) is 5.04. The Morgan fingerprint density at radius 3 is 2.50 bits per heavy atom. The van der Waals surface area contributed by atoms with Crippen LogP contribution in [0, 0.1) is 5.92 Å². The smallest absolute Gasteiger partial charge is 0.286 e. The summed E-state index contributed by atoms with van der Waals surface area (Å²) < 4.78 is 35.8. The van der Waals surface area contributed by atoms with E-state index in [-0.39, 0.29) is 10.8 Å². The van der Waals surface area contributed by atoms with Gasteiger partial charge in [0.2, 0.25) is 10.0 Å². The quantitative estimate of drug-likeness (QED) is 0.418. The monoisotopic (exact) mass is 577 g/mol. The number of piperidine rings is 1. The van der Waals surface area contributed by atoms with Gasteiger partial charge in [-0.15, -0.1) is 0 Å². The number of carbonyl (C=O) groups excluding carboxylic acids is 1. The molecule has 3 aliphatic heterocycles. The molecule has 40 heavy (non-hydrogen) atoms. The largest absolute Gasteiger partial charge is 0.378 e. The molecule has 0 aliphatic carbocycles. The lowest BCUT2D eigenvalue weighted by atomic mass is 10.0. The number of ether oxygens (including phenoxy) is 1. The van der Waals surface area contributed by atoms with Crippen molar-refractivity contribution in [2.75, 3.05) is 39.4 Å². The summed E-state index contributed by atoms with van der Waals surface area (Å²) in [7, 11) is -3.63. The van der Waals surface area contributed by atoms with E-state index in [1.807, 2.05) is 42.6 Å². The Hall–Kier alpha value is -3.25. The van der Waals surface area contributed by atoms with Crippen molar-refractivity contribution in [1.82, 2.24) is 19.0 Å². The highest BCUT2D eigenvalue weighted by Gasteiger charge is 2.30. The number of benzene rings is 2. The summed E-state index contributed by atoms with van der Waals surface area (Å²) in [6, 6.07) is 16.6. The van der Waals surface area contributed by atoms with Crippen LogP contribution in [0.1, 0.15) is 25.3 Å². The van der Waals surface area contributed by atoms with Gasteiger partial charge in [0, 0.05) is 43.5 Å². The Kier molecular flexibility index (Phi) is 7.63. The summed E-state index contributed by atoms with van der Waals surface area (Å²) in [6.07, 6.45) is 5.39. The standard InChI is InChI=1S/C29H31N5O4S2/c1-21-10-12-33(13-11-21)40(36,37)25-9-5-6-22(18-25)27-23(20-34(31-27)24-7-3-2-4-8-24)19-26-28(35)30-29(39-26)32-14-16-38-17-15-32/h2-9,18-21H,10-17H2,1H3. The van der Waals surface area contributed by atoms with Crippen LogP contribution in [0.4, 0.5) is 0 Å². The Balaban J connectivity index is 1.36. The van der Waals surface area contributed by atoms with Gasteiger partial charge in [-0.3, -0.25) is 4.79 Å². The number of thioether (sulfide) groups is 1. The summed E-state index contributed by atoms with van der Waals surface area (Å²) in [5.41, 5.74) is 2.82. The van der Waals surface area contributed by atoms with Gasteiger partial charge in [0.25, 0.3) is 5.91 Å². The second-order valence-electron chi connectivity index (χ2n) is 10.2. The van der Waals surface area contributed by atoms with Crippen LogP contribution >= 0.6 is 11.8 Å². The molecule has 2 aromatic carbocycles. The van der Waals surface area contributed by atoms with Gasteiger partial charge in [-0.25, -0.2) is 13.1 Å². The number of hydrogen-bond acceptors (Lipinski definition) is 7. The molecule has 2 saturated heterocycles. The van der Waals surface area contributed by atoms with Crippen molar-refractivity contribution in [3.63, 3.8) is 0 Å².